The van der Waals surface area contributed by atoms with E-state index in [1.807, 2.05) is 24.3 Å². The van der Waals surface area contributed by atoms with Crippen LogP contribution in [0.1, 0.15) is 28.4 Å². The largest absolute Gasteiger partial charge is 0.307 e. The van der Waals surface area contributed by atoms with Crippen molar-refractivity contribution in [3.05, 3.63) is 82.0 Å². The summed E-state index contributed by atoms with van der Waals surface area (Å²) in [4.78, 5) is 12.4. The number of nitrogens with zero attached hydrogens (tertiary/aromatic N) is 2. The maximum Gasteiger partial charge on any atom is 0.258 e. The van der Waals surface area contributed by atoms with E-state index in [0.717, 1.165) is 24.1 Å². The van der Waals surface area contributed by atoms with Gasteiger partial charge in [0, 0.05) is 6.07 Å². The Morgan fingerprint density at radius 2 is 1.77 bits per heavy atom. The molecular formula is C19H16ClF2N3O. The molecule has 1 aromatic heterocycles. The minimum absolute atomic E-state index is 0.148. The van der Waals surface area contributed by atoms with Gasteiger partial charge in [0.05, 0.1) is 23.3 Å². The quantitative estimate of drug-likeness (QED) is 0.658. The van der Waals surface area contributed by atoms with E-state index in [0.29, 0.717) is 12.4 Å². The first-order valence-corrected chi connectivity index (χ1v) is 8.41. The average molecular weight is 376 g/mol. The van der Waals surface area contributed by atoms with Gasteiger partial charge in [0.1, 0.15) is 5.82 Å². The topological polar surface area (TPSA) is 46.9 Å². The average Bonchev–Trinajstić information content (AvgIpc) is 3.05. The molecule has 26 heavy (non-hydrogen) atoms. The second-order valence-electron chi connectivity index (χ2n) is 5.74. The molecule has 0 spiro atoms. The smallest absolute Gasteiger partial charge is 0.258 e. The zero-order valence-corrected chi connectivity index (χ0v) is 14.7. The lowest BCUT2D eigenvalue weighted by Gasteiger charge is -2.10. The number of halogens is 3. The molecule has 0 aliphatic rings. The van der Waals surface area contributed by atoms with Crippen molar-refractivity contribution in [2.75, 3.05) is 5.32 Å². The molecule has 0 saturated carbocycles. The fourth-order valence-corrected chi connectivity index (χ4v) is 2.73. The first-order chi connectivity index (χ1) is 12.5. The number of rotatable bonds is 5. The predicted octanol–water partition coefficient (Wildman–Crippen LogP) is 4.68. The highest BCUT2D eigenvalue weighted by molar-refractivity contribution is 6.34. The minimum atomic E-state index is -1.14. The lowest BCUT2D eigenvalue weighted by atomic mass is 10.1. The molecule has 0 fully saturated rings. The van der Waals surface area contributed by atoms with Gasteiger partial charge < -0.3 is 5.32 Å². The van der Waals surface area contributed by atoms with Gasteiger partial charge >= 0.3 is 0 Å². The number of carbonyl (C=O) groups excluding carboxylic acids is 1. The van der Waals surface area contributed by atoms with E-state index in [1.165, 1.54) is 5.56 Å². The molecule has 0 unspecified atom stereocenters. The van der Waals surface area contributed by atoms with E-state index in [4.69, 9.17) is 11.6 Å². The molecule has 0 radical (unpaired) electrons. The number of benzene rings is 2. The van der Waals surface area contributed by atoms with Crippen molar-refractivity contribution in [2.24, 2.45) is 0 Å². The van der Waals surface area contributed by atoms with Crippen LogP contribution in [0.25, 0.3) is 0 Å². The van der Waals surface area contributed by atoms with Crippen LogP contribution in [0.4, 0.5) is 14.6 Å². The van der Waals surface area contributed by atoms with Gasteiger partial charge in [-0.15, -0.1) is 0 Å². The molecule has 3 rings (SSSR count). The van der Waals surface area contributed by atoms with Gasteiger partial charge in [-0.25, -0.2) is 13.5 Å². The van der Waals surface area contributed by atoms with Gasteiger partial charge in [-0.1, -0.05) is 42.8 Å². The second-order valence-corrected chi connectivity index (χ2v) is 6.15. The number of aryl methyl sites for hydroxylation is 1. The summed E-state index contributed by atoms with van der Waals surface area (Å²) in [6, 6.07) is 11.2. The maximum atomic E-state index is 13.4. The Balaban J connectivity index is 1.78. The Morgan fingerprint density at radius 1 is 1.12 bits per heavy atom. The molecule has 0 aliphatic heterocycles. The summed E-state index contributed by atoms with van der Waals surface area (Å²) in [6.45, 7) is 2.54. The van der Waals surface area contributed by atoms with E-state index < -0.39 is 17.5 Å². The van der Waals surface area contributed by atoms with E-state index in [2.05, 4.69) is 17.3 Å². The van der Waals surface area contributed by atoms with Crippen LogP contribution in [-0.2, 0) is 13.0 Å². The molecule has 1 amide bonds. The van der Waals surface area contributed by atoms with Crippen molar-refractivity contribution in [1.29, 1.82) is 0 Å². The number of nitrogens with one attached hydrogen (secondary N) is 1. The van der Waals surface area contributed by atoms with Gasteiger partial charge in [-0.3, -0.25) is 4.79 Å². The Hall–Kier alpha value is -2.73. The van der Waals surface area contributed by atoms with Crippen LogP contribution < -0.4 is 5.32 Å². The van der Waals surface area contributed by atoms with E-state index in [-0.39, 0.29) is 10.6 Å². The van der Waals surface area contributed by atoms with Crippen LogP contribution in [-0.4, -0.2) is 15.7 Å². The summed E-state index contributed by atoms with van der Waals surface area (Å²) >= 11 is 5.84. The highest BCUT2D eigenvalue weighted by atomic mass is 35.5. The van der Waals surface area contributed by atoms with Gasteiger partial charge in [0.2, 0.25) is 0 Å². The summed E-state index contributed by atoms with van der Waals surface area (Å²) in [5.74, 6) is -2.46. The number of hydrogen-bond acceptors (Lipinski definition) is 2. The van der Waals surface area contributed by atoms with Crippen LogP contribution in [0, 0.1) is 11.6 Å². The molecule has 0 aliphatic carbocycles. The van der Waals surface area contributed by atoms with Crippen molar-refractivity contribution >= 4 is 23.3 Å². The van der Waals surface area contributed by atoms with Gasteiger partial charge in [-0.05, 0) is 29.7 Å². The number of aromatic nitrogens is 2. The highest BCUT2D eigenvalue weighted by Crippen LogP contribution is 2.21. The molecule has 3 aromatic rings. The van der Waals surface area contributed by atoms with Crippen molar-refractivity contribution in [2.45, 2.75) is 19.9 Å². The van der Waals surface area contributed by atoms with Gasteiger partial charge in [0.25, 0.3) is 5.91 Å². The third kappa shape index (κ3) is 3.91. The molecular weight excluding hydrogens is 360 g/mol. The second kappa shape index (κ2) is 7.66. The Bertz CT molecular complexity index is 938. The van der Waals surface area contributed by atoms with Crippen molar-refractivity contribution in [3.63, 3.8) is 0 Å². The highest BCUT2D eigenvalue weighted by Gasteiger charge is 2.16. The molecule has 0 atom stereocenters. The normalized spacial score (nSPS) is 10.8. The van der Waals surface area contributed by atoms with Crippen LogP contribution >= 0.6 is 11.6 Å². The summed E-state index contributed by atoms with van der Waals surface area (Å²) in [6.07, 6.45) is 2.50. The van der Waals surface area contributed by atoms with Crippen molar-refractivity contribution in [3.8, 4) is 0 Å². The molecule has 1 heterocycles. The lowest BCUT2D eigenvalue weighted by Crippen LogP contribution is -2.17. The molecule has 0 bridgehead atoms. The molecule has 0 saturated heterocycles. The van der Waals surface area contributed by atoms with E-state index >= 15 is 0 Å². The summed E-state index contributed by atoms with van der Waals surface area (Å²) in [5.41, 5.74) is 2.11. The molecule has 4 nitrogen and oxygen atoms in total. The van der Waals surface area contributed by atoms with Gasteiger partial charge in [0.15, 0.2) is 11.6 Å². The SMILES string of the molecule is CCc1ccc(Cn2nccc2NC(=O)c2cc(F)c(F)cc2Cl)cc1. The summed E-state index contributed by atoms with van der Waals surface area (Å²) in [5, 5.41) is 6.65. The van der Waals surface area contributed by atoms with Crippen LogP contribution in [0.3, 0.4) is 0 Å². The summed E-state index contributed by atoms with van der Waals surface area (Å²) < 4.78 is 28.2. The molecule has 2 aromatic carbocycles. The predicted molar refractivity (Wildman–Crippen MR) is 96.5 cm³/mol. The third-order valence-electron chi connectivity index (χ3n) is 3.98. The first-order valence-electron chi connectivity index (χ1n) is 8.03. The van der Waals surface area contributed by atoms with Gasteiger partial charge in [-0.2, -0.15) is 5.10 Å². The Morgan fingerprint density at radius 3 is 2.46 bits per heavy atom. The first kappa shape index (κ1) is 18.1. The standard InChI is InChI=1S/C19H16ClF2N3O/c1-2-12-3-5-13(6-4-12)11-25-18(7-8-23-25)24-19(26)14-9-16(21)17(22)10-15(14)20/h3-10H,2,11H2,1H3,(H,24,26). The molecule has 1 N–H and O–H groups in total. The number of amides is 1. The zero-order chi connectivity index (χ0) is 18.7. The fraction of sp³-hybridized carbons (Fsp3) is 0.158. The monoisotopic (exact) mass is 375 g/mol. The Labute approximate surface area is 154 Å². The minimum Gasteiger partial charge on any atom is -0.307 e. The van der Waals surface area contributed by atoms with Crippen molar-refractivity contribution in [1.82, 2.24) is 9.78 Å². The van der Waals surface area contributed by atoms with Crippen LogP contribution in [0.2, 0.25) is 5.02 Å². The molecule has 7 heteroatoms. The number of carbonyl (C=O) groups is 1. The zero-order valence-electron chi connectivity index (χ0n) is 14.0. The van der Waals surface area contributed by atoms with E-state index in [1.54, 1.807) is 16.9 Å². The number of hydrogen-bond donors (Lipinski definition) is 1. The third-order valence-corrected chi connectivity index (χ3v) is 4.29. The Kier molecular flexibility index (Phi) is 5.32. The number of anilines is 1. The summed E-state index contributed by atoms with van der Waals surface area (Å²) in [7, 11) is 0. The molecule has 134 valence electrons. The lowest BCUT2D eigenvalue weighted by molar-refractivity contribution is 0.102. The van der Waals surface area contributed by atoms with Crippen LogP contribution in [0.5, 0.6) is 0 Å². The van der Waals surface area contributed by atoms with E-state index in [9.17, 15) is 13.6 Å². The fourth-order valence-electron chi connectivity index (χ4n) is 2.50. The van der Waals surface area contributed by atoms with Crippen LogP contribution in [0.15, 0.2) is 48.7 Å². The van der Waals surface area contributed by atoms with Crippen molar-refractivity contribution < 1.29 is 13.6 Å². The maximum absolute atomic E-state index is 13.4.